The molecule has 1 atom stereocenters. The van der Waals surface area contributed by atoms with Crippen molar-refractivity contribution >= 4 is 11.6 Å². The highest BCUT2D eigenvalue weighted by molar-refractivity contribution is 5.95. The largest absolute Gasteiger partial charge is 0.508 e. The van der Waals surface area contributed by atoms with Gasteiger partial charge in [0.25, 0.3) is 5.91 Å². The second-order valence-electron chi connectivity index (χ2n) is 3.92. The lowest BCUT2D eigenvalue weighted by Crippen LogP contribution is -2.39. The molecule has 17 heavy (non-hydrogen) atoms. The van der Waals surface area contributed by atoms with Gasteiger partial charge in [0.2, 0.25) is 0 Å². The molecule has 0 aliphatic carbocycles. The first kappa shape index (κ1) is 11.9. The Hall–Kier alpha value is -1.59. The van der Waals surface area contributed by atoms with E-state index in [0.29, 0.717) is 18.9 Å². The molecule has 5 heteroatoms. The van der Waals surface area contributed by atoms with Gasteiger partial charge in [-0.2, -0.15) is 0 Å². The van der Waals surface area contributed by atoms with Crippen molar-refractivity contribution in [3.8, 4) is 5.75 Å². The Morgan fingerprint density at radius 2 is 2.29 bits per heavy atom. The molecule has 1 aliphatic rings. The van der Waals surface area contributed by atoms with Gasteiger partial charge in [-0.3, -0.25) is 4.79 Å². The standard InChI is InChI=1S/C12H15NO4/c1-8-6-9(14)2-3-10(8)13-12(15)11-7-16-4-5-17-11/h2-3,6,11,14H,4-5,7H2,1H3,(H,13,15). The van der Waals surface area contributed by atoms with E-state index >= 15 is 0 Å². The third-order valence-corrected chi connectivity index (χ3v) is 2.58. The van der Waals surface area contributed by atoms with Crippen molar-refractivity contribution in [2.45, 2.75) is 13.0 Å². The summed E-state index contributed by atoms with van der Waals surface area (Å²) in [5.74, 6) is -0.0451. The second kappa shape index (κ2) is 5.16. The van der Waals surface area contributed by atoms with Crippen LogP contribution in [-0.2, 0) is 14.3 Å². The molecule has 1 aliphatic heterocycles. The van der Waals surface area contributed by atoms with Crippen LogP contribution in [0.5, 0.6) is 5.75 Å². The van der Waals surface area contributed by atoms with Crippen LogP contribution in [0.4, 0.5) is 5.69 Å². The van der Waals surface area contributed by atoms with E-state index in [9.17, 15) is 9.90 Å². The molecule has 0 spiro atoms. The van der Waals surface area contributed by atoms with Crippen LogP contribution in [0.2, 0.25) is 0 Å². The third kappa shape index (κ3) is 2.95. The molecule has 0 radical (unpaired) electrons. The molecule has 1 saturated heterocycles. The highest BCUT2D eigenvalue weighted by Gasteiger charge is 2.22. The summed E-state index contributed by atoms with van der Waals surface area (Å²) in [4.78, 5) is 11.8. The number of carbonyl (C=O) groups is 1. The Kier molecular flexibility index (Phi) is 3.61. The van der Waals surface area contributed by atoms with Gasteiger partial charge >= 0.3 is 0 Å². The minimum absolute atomic E-state index is 0.178. The molecule has 1 heterocycles. The molecule has 1 amide bonds. The molecule has 1 unspecified atom stereocenters. The molecule has 0 bridgehead atoms. The van der Waals surface area contributed by atoms with Gasteiger partial charge < -0.3 is 19.9 Å². The lowest BCUT2D eigenvalue weighted by atomic mass is 10.2. The van der Waals surface area contributed by atoms with E-state index in [-0.39, 0.29) is 18.3 Å². The van der Waals surface area contributed by atoms with Crippen LogP contribution in [0, 0.1) is 6.92 Å². The number of phenolic OH excluding ortho intramolecular Hbond substituents is 1. The smallest absolute Gasteiger partial charge is 0.255 e. The van der Waals surface area contributed by atoms with Crippen LogP contribution in [0.1, 0.15) is 5.56 Å². The predicted octanol–water partition coefficient (Wildman–Crippen LogP) is 1.05. The summed E-state index contributed by atoms with van der Waals surface area (Å²) in [6.45, 7) is 3.06. The van der Waals surface area contributed by atoms with Gasteiger partial charge in [0.1, 0.15) is 5.75 Å². The molecule has 1 aromatic rings. The van der Waals surface area contributed by atoms with E-state index in [2.05, 4.69) is 5.32 Å². The number of hydrogen-bond donors (Lipinski definition) is 2. The zero-order valence-corrected chi connectivity index (χ0v) is 9.60. The number of phenols is 1. The minimum Gasteiger partial charge on any atom is -0.508 e. The van der Waals surface area contributed by atoms with Gasteiger partial charge in [-0.15, -0.1) is 0 Å². The van der Waals surface area contributed by atoms with Crippen LogP contribution in [0.25, 0.3) is 0 Å². The normalized spacial score (nSPS) is 19.9. The summed E-state index contributed by atoms with van der Waals surface area (Å²) in [6.07, 6.45) is -0.558. The van der Waals surface area contributed by atoms with E-state index in [1.165, 1.54) is 6.07 Å². The van der Waals surface area contributed by atoms with Crippen LogP contribution >= 0.6 is 0 Å². The number of hydrogen-bond acceptors (Lipinski definition) is 4. The Morgan fingerprint density at radius 1 is 1.47 bits per heavy atom. The molecule has 0 saturated carbocycles. The fourth-order valence-electron chi connectivity index (χ4n) is 1.64. The van der Waals surface area contributed by atoms with Crippen molar-refractivity contribution in [3.05, 3.63) is 23.8 Å². The number of amides is 1. The number of aryl methyl sites for hydroxylation is 1. The van der Waals surface area contributed by atoms with Crippen molar-refractivity contribution in [1.29, 1.82) is 0 Å². The van der Waals surface area contributed by atoms with Crippen molar-refractivity contribution in [1.82, 2.24) is 0 Å². The summed E-state index contributed by atoms with van der Waals surface area (Å²) in [5.41, 5.74) is 1.47. The zero-order valence-electron chi connectivity index (χ0n) is 9.60. The SMILES string of the molecule is Cc1cc(O)ccc1NC(=O)C1COCCO1. The van der Waals surface area contributed by atoms with Crippen molar-refractivity contribution in [3.63, 3.8) is 0 Å². The lowest BCUT2D eigenvalue weighted by Gasteiger charge is -2.22. The molecule has 2 rings (SSSR count). The number of ether oxygens (including phenoxy) is 2. The van der Waals surface area contributed by atoms with E-state index in [1.807, 2.05) is 6.92 Å². The Bertz CT molecular complexity index is 413. The average molecular weight is 237 g/mol. The first-order valence-corrected chi connectivity index (χ1v) is 5.46. The molecular formula is C12H15NO4. The zero-order chi connectivity index (χ0) is 12.3. The lowest BCUT2D eigenvalue weighted by molar-refractivity contribution is -0.142. The maximum absolute atomic E-state index is 11.8. The topological polar surface area (TPSA) is 67.8 Å². The molecule has 2 N–H and O–H groups in total. The third-order valence-electron chi connectivity index (χ3n) is 2.58. The van der Waals surface area contributed by atoms with E-state index < -0.39 is 6.10 Å². The van der Waals surface area contributed by atoms with Crippen LogP contribution in [0.15, 0.2) is 18.2 Å². The Balaban J connectivity index is 2.02. The highest BCUT2D eigenvalue weighted by atomic mass is 16.6. The Morgan fingerprint density at radius 3 is 2.94 bits per heavy atom. The number of nitrogens with one attached hydrogen (secondary N) is 1. The number of aromatic hydroxyl groups is 1. The monoisotopic (exact) mass is 237 g/mol. The number of anilines is 1. The first-order valence-electron chi connectivity index (χ1n) is 5.46. The van der Waals surface area contributed by atoms with Gasteiger partial charge in [-0.05, 0) is 30.7 Å². The summed E-state index contributed by atoms with van der Waals surface area (Å²) < 4.78 is 10.5. The predicted molar refractivity (Wildman–Crippen MR) is 62.0 cm³/mol. The quantitative estimate of drug-likeness (QED) is 0.754. The average Bonchev–Trinajstić information content (AvgIpc) is 2.34. The van der Waals surface area contributed by atoms with Crippen molar-refractivity contribution < 1.29 is 19.4 Å². The Labute approximate surface area is 99.3 Å². The number of benzene rings is 1. The van der Waals surface area contributed by atoms with Crippen LogP contribution in [0.3, 0.4) is 0 Å². The van der Waals surface area contributed by atoms with E-state index in [4.69, 9.17) is 9.47 Å². The molecule has 5 nitrogen and oxygen atoms in total. The van der Waals surface area contributed by atoms with Crippen molar-refractivity contribution in [2.24, 2.45) is 0 Å². The molecule has 1 aromatic carbocycles. The number of carbonyl (C=O) groups excluding carboxylic acids is 1. The van der Waals surface area contributed by atoms with E-state index in [0.717, 1.165) is 5.56 Å². The maximum atomic E-state index is 11.8. The second-order valence-corrected chi connectivity index (χ2v) is 3.92. The van der Waals surface area contributed by atoms with Gasteiger partial charge in [-0.1, -0.05) is 0 Å². The maximum Gasteiger partial charge on any atom is 0.255 e. The summed E-state index contributed by atoms with van der Waals surface area (Å²) in [5, 5.41) is 12.0. The molecular weight excluding hydrogens is 222 g/mol. The van der Waals surface area contributed by atoms with Crippen molar-refractivity contribution in [2.75, 3.05) is 25.1 Å². The summed E-state index contributed by atoms with van der Waals surface area (Å²) in [7, 11) is 0. The summed E-state index contributed by atoms with van der Waals surface area (Å²) in [6, 6.07) is 4.78. The van der Waals surface area contributed by atoms with Crippen LogP contribution < -0.4 is 5.32 Å². The van der Waals surface area contributed by atoms with E-state index in [1.54, 1.807) is 12.1 Å². The van der Waals surface area contributed by atoms with Gasteiger partial charge in [-0.25, -0.2) is 0 Å². The van der Waals surface area contributed by atoms with Crippen LogP contribution in [-0.4, -0.2) is 36.9 Å². The summed E-state index contributed by atoms with van der Waals surface area (Å²) >= 11 is 0. The highest BCUT2D eigenvalue weighted by Crippen LogP contribution is 2.20. The minimum atomic E-state index is -0.558. The van der Waals surface area contributed by atoms with Gasteiger partial charge in [0, 0.05) is 5.69 Å². The molecule has 92 valence electrons. The van der Waals surface area contributed by atoms with Gasteiger partial charge in [0.05, 0.1) is 19.8 Å². The first-order chi connectivity index (χ1) is 8.16. The molecule has 1 fully saturated rings. The fourth-order valence-corrected chi connectivity index (χ4v) is 1.64. The van der Waals surface area contributed by atoms with Gasteiger partial charge in [0.15, 0.2) is 6.10 Å². The number of rotatable bonds is 2. The molecule has 0 aromatic heterocycles. The fraction of sp³-hybridized carbons (Fsp3) is 0.417.